The molecule has 4 heteroatoms. The molecule has 2 saturated heterocycles. The molecule has 2 aliphatic heterocycles. The van der Waals surface area contributed by atoms with Crippen LogP contribution in [0.2, 0.25) is 0 Å². The van der Waals surface area contributed by atoms with Gasteiger partial charge in [0.2, 0.25) is 0 Å². The average Bonchev–Trinajstić information content (AvgIpc) is 3.06. The van der Waals surface area contributed by atoms with Crippen molar-refractivity contribution >= 4 is 5.69 Å². The molecule has 1 unspecified atom stereocenters. The second-order valence-electron chi connectivity index (χ2n) is 6.70. The molecule has 0 aliphatic carbocycles. The highest BCUT2D eigenvalue weighted by Gasteiger charge is 2.37. The minimum Gasteiger partial charge on any atom is -0.370 e. The molecular weight excluding hydrogens is 272 g/mol. The van der Waals surface area contributed by atoms with Gasteiger partial charge in [0.05, 0.1) is 11.7 Å². The third-order valence-electron chi connectivity index (χ3n) is 5.08. The summed E-state index contributed by atoms with van der Waals surface area (Å²) in [5.41, 5.74) is 3.78. The summed E-state index contributed by atoms with van der Waals surface area (Å²) in [7, 11) is 0. The van der Waals surface area contributed by atoms with Crippen LogP contribution >= 0.6 is 0 Å². The lowest BCUT2D eigenvalue weighted by Gasteiger charge is -2.43. The fourth-order valence-electron chi connectivity index (χ4n) is 3.87. The number of hydrogen-bond donors (Lipinski definition) is 0. The highest BCUT2D eigenvalue weighted by Crippen LogP contribution is 2.30. The van der Waals surface area contributed by atoms with Crippen molar-refractivity contribution in [1.29, 1.82) is 0 Å². The van der Waals surface area contributed by atoms with E-state index in [9.17, 15) is 0 Å². The van der Waals surface area contributed by atoms with Crippen molar-refractivity contribution in [2.75, 3.05) is 31.1 Å². The van der Waals surface area contributed by atoms with E-state index in [0.717, 1.165) is 25.3 Å². The Labute approximate surface area is 132 Å². The normalized spacial score (nSPS) is 23.0. The van der Waals surface area contributed by atoms with Gasteiger partial charge in [-0.15, -0.1) is 0 Å². The molecule has 2 aromatic rings. The number of para-hydroxylation sites is 1. The number of likely N-dealkylation sites (tertiary alicyclic amines) is 1. The summed E-state index contributed by atoms with van der Waals surface area (Å²) in [6, 6.07) is 14.2. The van der Waals surface area contributed by atoms with E-state index in [1.807, 2.05) is 0 Å². The lowest BCUT2D eigenvalue weighted by Crippen LogP contribution is -2.53. The van der Waals surface area contributed by atoms with Crippen molar-refractivity contribution in [3.63, 3.8) is 0 Å². The summed E-state index contributed by atoms with van der Waals surface area (Å²) in [4.78, 5) is 5.14. The largest absolute Gasteiger partial charge is 0.370 e. The van der Waals surface area contributed by atoms with Crippen molar-refractivity contribution in [3.8, 4) is 0 Å². The SMILES string of the molecule is Cc1cc(C)n(C2CN(C3CCN(c4ccccc4)C3)C2)n1. The smallest absolute Gasteiger partial charge is 0.0776 e. The van der Waals surface area contributed by atoms with Gasteiger partial charge in [0.15, 0.2) is 0 Å². The van der Waals surface area contributed by atoms with Crippen LogP contribution in [0.15, 0.2) is 36.4 Å². The van der Waals surface area contributed by atoms with Gasteiger partial charge in [0.25, 0.3) is 0 Å². The Morgan fingerprint density at radius 1 is 1.00 bits per heavy atom. The van der Waals surface area contributed by atoms with Crippen LogP contribution in [0.5, 0.6) is 0 Å². The van der Waals surface area contributed by atoms with Gasteiger partial charge in [-0.05, 0) is 38.5 Å². The number of anilines is 1. The zero-order valence-corrected chi connectivity index (χ0v) is 13.4. The molecule has 0 amide bonds. The number of aryl methyl sites for hydroxylation is 2. The first kappa shape index (κ1) is 13.8. The van der Waals surface area contributed by atoms with Crippen LogP contribution in [-0.2, 0) is 0 Å². The zero-order valence-electron chi connectivity index (χ0n) is 13.4. The standard InChI is InChI=1S/C18H24N4/c1-14-10-15(2)22(19-14)18-12-21(13-18)17-8-9-20(11-17)16-6-4-3-5-7-16/h3-7,10,17-18H,8-9,11-13H2,1-2H3. The quantitative estimate of drug-likeness (QED) is 0.870. The highest BCUT2D eigenvalue weighted by atomic mass is 15.4. The molecule has 4 nitrogen and oxygen atoms in total. The average molecular weight is 296 g/mol. The van der Waals surface area contributed by atoms with Gasteiger partial charge < -0.3 is 4.90 Å². The second-order valence-corrected chi connectivity index (χ2v) is 6.70. The molecule has 0 spiro atoms. The molecule has 1 aromatic carbocycles. The maximum atomic E-state index is 4.64. The molecule has 0 radical (unpaired) electrons. The Bertz CT molecular complexity index is 642. The topological polar surface area (TPSA) is 24.3 Å². The van der Waals surface area contributed by atoms with Gasteiger partial charge in [-0.3, -0.25) is 9.58 Å². The minimum absolute atomic E-state index is 0.569. The molecular formula is C18H24N4. The monoisotopic (exact) mass is 296 g/mol. The summed E-state index contributed by atoms with van der Waals surface area (Å²) in [6.45, 7) is 8.87. The fraction of sp³-hybridized carbons (Fsp3) is 0.500. The fourth-order valence-corrected chi connectivity index (χ4v) is 3.87. The van der Waals surface area contributed by atoms with Gasteiger partial charge in [-0.1, -0.05) is 18.2 Å². The number of nitrogens with zero attached hydrogens (tertiary/aromatic N) is 4. The Hall–Kier alpha value is -1.81. The van der Waals surface area contributed by atoms with Gasteiger partial charge >= 0.3 is 0 Å². The predicted octanol–water partition coefficient (Wildman–Crippen LogP) is 2.64. The lowest BCUT2D eigenvalue weighted by atomic mass is 10.0. The molecule has 0 N–H and O–H groups in total. The molecule has 2 aliphatic rings. The van der Waals surface area contributed by atoms with E-state index in [-0.39, 0.29) is 0 Å². The van der Waals surface area contributed by atoms with Gasteiger partial charge in [-0.2, -0.15) is 5.10 Å². The van der Waals surface area contributed by atoms with Crippen molar-refractivity contribution in [2.45, 2.75) is 32.4 Å². The van der Waals surface area contributed by atoms with E-state index in [4.69, 9.17) is 0 Å². The highest BCUT2D eigenvalue weighted by molar-refractivity contribution is 5.47. The Morgan fingerprint density at radius 2 is 1.77 bits per heavy atom. The van der Waals surface area contributed by atoms with Gasteiger partial charge in [-0.25, -0.2) is 0 Å². The number of aromatic nitrogens is 2. The first-order valence-corrected chi connectivity index (χ1v) is 8.27. The maximum absolute atomic E-state index is 4.64. The first-order valence-electron chi connectivity index (χ1n) is 8.27. The summed E-state index contributed by atoms with van der Waals surface area (Å²) < 4.78 is 2.22. The van der Waals surface area contributed by atoms with Crippen LogP contribution in [0.4, 0.5) is 5.69 Å². The predicted molar refractivity (Wildman–Crippen MR) is 89.4 cm³/mol. The third-order valence-corrected chi connectivity index (χ3v) is 5.08. The van der Waals surface area contributed by atoms with Crippen molar-refractivity contribution in [1.82, 2.24) is 14.7 Å². The Kier molecular flexibility index (Phi) is 3.41. The van der Waals surface area contributed by atoms with Crippen molar-refractivity contribution in [2.24, 2.45) is 0 Å². The Morgan fingerprint density at radius 3 is 2.45 bits per heavy atom. The summed E-state index contributed by atoms with van der Waals surface area (Å²) in [5.74, 6) is 0. The summed E-state index contributed by atoms with van der Waals surface area (Å²) in [6.07, 6.45) is 1.28. The number of rotatable bonds is 3. The molecule has 116 valence electrons. The molecule has 22 heavy (non-hydrogen) atoms. The summed E-state index contributed by atoms with van der Waals surface area (Å²) in [5, 5.41) is 4.64. The molecule has 4 rings (SSSR count). The number of hydrogen-bond acceptors (Lipinski definition) is 3. The lowest BCUT2D eigenvalue weighted by molar-refractivity contribution is 0.0600. The van der Waals surface area contributed by atoms with E-state index in [1.54, 1.807) is 0 Å². The minimum atomic E-state index is 0.569. The van der Waals surface area contributed by atoms with Crippen LogP contribution in [0.1, 0.15) is 23.9 Å². The molecule has 2 fully saturated rings. The van der Waals surface area contributed by atoms with Gasteiger partial charge in [0, 0.05) is 43.6 Å². The zero-order chi connectivity index (χ0) is 15.1. The van der Waals surface area contributed by atoms with Crippen LogP contribution in [0.3, 0.4) is 0 Å². The van der Waals surface area contributed by atoms with Crippen LogP contribution in [-0.4, -0.2) is 46.9 Å². The number of benzene rings is 1. The molecule has 1 aromatic heterocycles. The van der Waals surface area contributed by atoms with E-state index < -0.39 is 0 Å². The van der Waals surface area contributed by atoms with E-state index in [0.29, 0.717) is 12.1 Å². The van der Waals surface area contributed by atoms with Gasteiger partial charge in [0.1, 0.15) is 0 Å². The van der Waals surface area contributed by atoms with Crippen LogP contribution < -0.4 is 4.90 Å². The summed E-state index contributed by atoms with van der Waals surface area (Å²) >= 11 is 0. The Balaban J connectivity index is 1.35. The molecule has 0 bridgehead atoms. The molecule has 0 saturated carbocycles. The van der Waals surface area contributed by atoms with E-state index in [1.165, 1.54) is 24.3 Å². The molecule has 1 atom stereocenters. The van der Waals surface area contributed by atoms with Crippen molar-refractivity contribution in [3.05, 3.63) is 47.8 Å². The maximum Gasteiger partial charge on any atom is 0.0776 e. The van der Waals surface area contributed by atoms with Crippen LogP contribution in [0.25, 0.3) is 0 Å². The van der Waals surface area contributed by atoms with E-state index >= 15 is 0 Å². The van der Waals surface area contributed by atoms with Crippen molar-refractivity contribution < 1.29 is 0 Å². The first-order chi connectivity index (χ1) is 10.7. The molecule has 3 heterocycles. The second kappa shape index (κ2) is 5.43. The van der Waals surface area contributed by atoms with Crippen LogP contribution in [0, 0.1) is 13.8 Å². The third kappa shape index (κ3) is 2.41. The van der Waals surface area contributed by atoms with E-state index in [2.05, 4.69) is 69.8 Å².